The molecule has 0 aliphatic carbocycles. The van der Waals surface area contributed by atoms with Crippen molar-refractivity contribution in [3.05, 3.63) is 76.7 Å². The molecule has 32 heavy (non-hydrogen) atoms. The highest BCUT2D eigenvalue weighted by atomic mass is 32.2. The minimum atomic E-state index is 0.00937. The van der Waals surface area contributed by atoms with E-state index in [2.05, 4.69) is 25.1 Å². The maximum Gasteiger partial charge on any atom is 0.261 e. The number of amides is 1. The molecule has 2 heterocycles. The molecule has 0 spiro atoms. The summed E-state index contributed by atoms with van der Waals surface area (Å²) in [6.07, 6.45) is 0.889. The standard InChI is InChI=1S/C25H27N3O2S2/c1-5-20-14-32-25(26-19-10-8-9-16(2)13-19)28(20)24(29)21-11-6-7-12-23(21)31-15-22-17(3)27-30-18(22)4/h6-13,20H,5,14-15H2,1-4H3/t20-/m0/s1. The predicted molar refractivity (Wildman–Crippen MR) is 133 cm³/mol. The Kier molecular flexibility index (Phi) is 7.06. The van der Waals surface area contributed by atoms with Crippen LogP contribution in [-0.4, -0.2) is 32.9 Å². The number of carbonyl (C=O) groups excluding carboxylic acids is 1. The van der Waals surface area contributed by atoms with Crippen molar-refractivity contribution < 1.29 is 9.32 Å². The number of thioether (sulfide) groups is 2. The smallest absolute Gasteiger partial charge is 0.261 e. The van der Waals surface area contributed by atoms with Crippen LogP contribution in [0.5, 0.6) is 0 Å². The Morgan fingerprint density at radius 1 is 1.22 bits per heavy atom. The summed E-state index contributed by atoms with van der Waals surface area (Å²) in [5.74, 6) is 2.41. The summed E-state index contributed by atoms with van der Waals surface area (Å²) in [6.45, 7) is 8.05. The van der Waals surface area contributed by atoms with E-state index in [-0.39, 0.29) is 11.9 Å². The number of benzene rings is 2. The van der Waals surface area contributed by atoms with Crippen molar-refractivity contribution in [2.75, 3.05) is 5.75 Å². The first-order valence-electron chi connectivity index (χ1n) is 10.7. The summed E-state index contributed by atoms with van der Waals surface area (Å²) in [5, 5.41) is 4.82. The second-order valence-electron chi connectivity index (χ2n) is 7.87. The molecule has 5 nitrogen and oxygen atoms in total. The molecular formula is C25H27N3O2S2. The van der Waals surface area contributed by atoms with Crippen LogP contribution in [0.3, 0.4) is 0 Å². The summed E-state index contributed by atoms with van der Waals surface area (Å²) < 4.78 is 5.29. The zero-order valence-corrected chi connectivity index (χ0v) is 20.4. The van der Waals surface area contributed by atoms with Crippen molar-refractivity contribution in [1.82, 2.24) is 10.1 Å². The number of aromatic nitrogens is 1. The van der Waals surface area contributed by atoms with Gasteiger partial charge >= 0.3 is 0 Å². The fourth-order valence-corrected chi connectivity index (χ4v) is 6.14. The lowest BCUT2D eigenvalue weighted by Crippen LogP contribution is -2.39. The van der Waals surface area contributed by atoms with Gasteiger partial charge in [-0.1, -0.05) is 48.1 Å². The van der Waals surface area contributed by atoms with Crippen LogP contribution >= 0.6 is 23.5 Å². The highest BCUT2D eigenvalue weighted by molar-refractivity contribution is 8.14. The minimum absolute atomic E-state index is 0.00937. The molecule has 4 rings (SSSR count). The third kappa shape index (κ3) is 4.79. The molecule has 0 saturated carbocycles. The highest BCUT2D eigenvalue weighted by Crippen LogP contribution is 2.34. The molecule has 0 bridgehead atoms. The van der Waals surface area contributed by atoms with Gasteiger partial charge in [0.25, 0.3) is 5.91 Å². The Morgan fingerprint density at radius 2 is 2.03 bits per heavy atom. The maximum absolute atomic E-state index is 13.8. The summed E-state index contributed by atoms with van der Waals surface area (Å²) in [4.78, 5) is 21.5. The lowest BCUT2D eigenvalue weighted by molar-refractivity contribution is 0.0816. The zero-order chi connectivity index (χ0) is 22.7. The Labute approximate surface area is 197 Å². The van der Waals surface area contributed by atoms with E-state index in [9.17, 15) is 4.79 Å². The molecule has 3 aromatic rings. The van der Waals surface area contributed by atoms with Gasteiger partial charge in [-0.15, -0.1) is 11.8 Å². The third-order valence-corrected chi connectivity index (χ3v) is 7.76. The SMILES string of the molecule is CC[C@H]1CSC(=Nc2cccc(C)c2)N1C(=O)c1ccccc1SCc1c(C)noc1C. The zero-order valence-electron chi connectivity index (χ0n) is 18.8. The Morgan fingerprint density at radius 3 is 2.75 bits per heavy atom. The van der Waals surface area contributed by atoms with Crippen LogP contribution in [0, 0.1) is 20.8 Å². The fourth-order valence-electron chi connectivity index (χ4n) is 3.68. The van der Waals surface area contributed by atoms with Gasteiger partial charge in [-0.25, -0.2) is 4.99 Å². The van der Waals surface area contributed by atoms with Crippen molar-refractivity contribution >= 4 is 40.3 Å². The quantitative estimate of drug-likeness (QED) is 0.387. The van der Waals surface area contributed by atoms with Crippen LogP contribution in [-0.2, 0) is 5.75 Å². The van der Waals surface area contributed by atoms with Crippen LogP contribution in [0.15, 0.2) is 62.9 Å². The predicted octanol–water partition coefficient (Wildman–Crippen LogP) is 6.55. The Balaban J connectivity index is 1.63. The molecule has 1 saturated heterocycles. The second-order valence-corrected chi connectivity index (χ2v) is 9.87. The molecule has 0 unspecified atom stereocenters. The van der Waals surface area contributed by atoms with Crippen molar-refractivity contribution in [3.8, 4) is 0 Å². The lowest BCUT2D eigenvalue weighted by atomic mass is 10.1. The van der Waals surface area contributed by atoms with E-state index in [1.807, 2.05) is 61.2 Å². The number of amidine groups is 1. The molecular weight excluding hydrogens is 438 g/mol. The average Bonchev–Trinajstić information content (AvgIpc) is 3.34. The van der Waals surface area contributed by atoms with Gasteiger partial charge in [-0.05, 0) is 57.0 Å². The van der Waals surface area contributed by atoms with Crippen LogP contribution < -0.4 is 0 Å². The van der Waals surface area contributed by atoms with Gasteiger partial charge in [0, 0.05) is 28.0 Å². The number of hydrogen-bond donors (Lipinski definition) is 0. The molecule has 7 heteroatoms. The molecule has 1 amide bonds. The molecule has 1 atom stereocenters. The minimum Gasteiger partial charge on any atom is -0.361 e. The number of nitrogens with zero attached hydrogens (tertiary/aromatic N) is 3. The molecule has 2 aromatic carbocycles. The van der Waals surface area contributed by atoms with Crippen molar-refractivity contribution in [1.29, 1.82) is 0 Å². The van der Waals surface area contributed by atoms with E-state index in [0.717, 1.165) is 50.5 Å². The Hall–Kier alpha value is -2.51. The molecule has 1 fully saturated rings. The average molecular weight is 466 g/mol. The first kappa shape index (κ1) is 22.7. The van der Waals surface area contributed by atoms with Gasteiger partial charge in [-0.2, -0.15) is 0 Å². The number of hydrogen-bond acceptors (Lipinski definition) is 6. The Bertz CT molecular complexity index is 1140. The molecule has 1 aliphatic heterocycles. The summed E-state index contributed by atoms with van der Waals surface area (Å²) in [6, 6.07) is 16.0. The van der Waals surface area contributed by atoms with Gasteiger partial charge in [0.2, 0.25) is 0 Å². The van der Waals surface area contributed by atoms with Gasteiger partial charge in [0.1, 0.15) is 5.76 Å². The van der Waals surface area contributed by atoms with Crippen LogP contribution in [0.1, 0.15) is 46.3 Å². The van der Waals surface area contributed by atoms with Gasteiger partial charge in [0.05, 0.1) is 16.9 Å². The number of aryl methyl sites for hydroxylation is 3. The van der Waals surface area contributed by atoms with Crippen LogP contribution in [0.25, 0.3) is 0 Å². The lowest BCUT2D eigenvalue weighted by Gasteiger charge is -2.24. The molecule has 1 aliphatic rings. The van der Waals surface area contributed by atoms with E-state index in [1.165, 1.54) is 0 Å². The van der Waals surface area contributed by atoms with Crippen molar-refractivity contribution in [2.45, 2.75) is 50.8 Å². The highest BCUT2D eigenvalue weighted by Gasteiger charge is 2.35. The normalized spacial score (nSPS) is 17.3. The van der Waals surface area contributed by atoms with E-state index < -0.39 is 0 Å². The first-order valence-corrected chi connectivity index (χ1v) is 12.7. The molecule has 166 valence electrons. The van der Waals surface area contributed by atoms with Gasteiger partial charge in [0.15, 0.2) is 5.17 Å². The van der Waals surface area contributed by atoms with E-state index in [4.69, 9.17) is 9.52 Å². The van der Waals surface area contributed by atoms with Gasteiger partial charge < -0.3 is 4.52 Å². The first-order chi connectivity index (χ1) is 15.5. The fraction of sp³-hybridized carbons (Fsp3) is 0.320. The summed E-state index contributed by atoms with van der Waals surface area (Å²) in [5.41, 5.74) is 4.72. The number of carbonyl (C=O) groups is 1. The number of aliphatic imine (C=N–C) groups is 1. The summed E-state index contributed by atoms with van der Waals surface area (Å²) >= 11 is 3.30. The van der Waals surface area contributed by atoms with E-state index in [0.29, 0.717) is 11.3 Å². The largest absolute Gasteiger partial charge is 0.361 e. The van der Waals surface area contributed by atoms with Crippen LogP contribution in [0.2, 0.25) is 0 Å². The summed E-state index contributed by atoms with van der Waals surface area (Å²) in [7, 11) is 0. The van der Waals surface area contributed by atoms with Gasteiger partial charge in [-0.3, -0.25) is 9.69 Å². The topological polar surface area (TPSA) is 58.7 Å². The third-order valence-electron chi connectivity index (χ3n) is 5.56. The second kappa shape index (κ2) is 9.96. The van der Waals surface area contributed by atoms with E-state index in [1.54, 1.807) is 23.5 Å². The van der Waals surface area contributed by atoms with Crippen molar-refractivity contribution in [3.63, 3.8) is 0 Å². The van der Waals surface area contributed by atoms with E-state index >= 15 is 0 Å². The number of rotatable bonds is 6. The van der Waals surface area contributed by atoms with Crippen LogP contribution in [0.4, 0.5) is 5.69 Å². The molecule has 0 radical (unpaired) electrons. The molecule has 1 aromatic heterocycles. The maximum atomic E-state index is 13.8. The molecule has 0 N–H and O–H groups in total. The van der Waals surface area contributed by atoms with Crippen molar-refractivity contribution in [2.24, 2.45) is 4.99 Å². The monoisotopic (exact) mass is 465 g/mol.